The molecule has 0 aliphatic carbocycles. The highest BCUT2D eigenvalue weighted by atomic mass is 16.5. The predicted octanol–water partition coefficient (Wildman–Crippen LogP) is 3.75. The molecule has 0 radical (unpaired) electrons. The van der Waals surface area contributed by atoms with Crippen LogP contribution in [0.1, 0.15) is 17.7 Å². The fourth-order valence-electron chi connectivity index (χ4n) is 4.84. The predicted molar refractivity (Wildman–Crippen MR) is 143 cm³/mol. The van der Waals surface area contributed by atoms with Crippen molar-refractivity contribution in [2.75, 3.05) is 31.2 Å². The van der Waals surface area contributed by atoms with Gasteiger partial charge in [-0.05, 0) is 44.0 Å². The number of aromatic nitrogens is 6. The smallest absolute Gasteiger partial charge is 0.327 e. The van der Waals surface area contributed by atoms with E-state index in [0.717, 1.165) is 54.1 Å². The van der Waals surface area contributed by atoms with Gasteiger partial charge in [0.15, 0.2) is 11.5 Å². The Morgan fingerprint density at radius 2 is 1.95 bits per heavy atom. The Balaban J connectivity index is 1.39. The molecule has 0 unspecified atom stereocenters. The Morgan fingerprint density at radius 1 is 1.05 bits per heavy atom. The molecule has 9 nitrogen and oxygen atoms in total. The van der Waals surface area contributed by atoms with Gasteiger partial charge in [-0.2, -0.15) is 5.10 Å². The van der Waals surface area contributed by atoms with E-state index in [4.69, 9.17) is 14.8 Å². The molecule has 0 amide bonds. The van der Waals surface area contributed by atoms with E-state index < -0.39 is 0 Å². The fourth-order valence-corrected chi connectivity index (χ4v) is 4.84. The zero-order chi connectivity index (χ0) is 25.2. The third-order valence-corrected chi connectivity index (χ3v) is 6.73. The van der Waals surface area contributed by atoms with E-state index in [9.17, 15) is 4.79 Å². The number of H-pyrrole nitrogens is 1. The van der Waals surface area contributed by atoms with E-state index in [2.05, 4.69) is 40.0 Å². The van der Waals surface area contributed by atoms with Gasteiger partial charge in [0.1, 0.15) is 5.52 Å². The second-order valence-corrected chi connectivity index (χ2v) is 9.32. The van der Waals surface area contributed by atoms with Crippen molar-refractivity contribution in [2.24, 2.45) is 0 Å². The Kier molecular flexibility index (Phi) is 6.28. The maximum Gasteiger partial charge on any atom is 0.327 e. The maximum absolute atomic E-state index is 13.1. The minimum Gasteiger partial charge on any atom is -0.378 e. The molecule has 1 saturated heterocycles. The van der Waals surface area contributed by atoms with Crippen molar-refractivity contribution in [1.29, 1.82) is 0 Å². The second-order valence-electron chi connectivity index (χ2n) is 9.32. The van der Waals surface area contributed by atoms with E-state index in [1.54, 1.807) is 15.4 Å². The summed E-state index contributed by atoms with van der Waals surface area (Å²) in [6.07, 6.45) is 5.28. The van der Waals surface area contributed by atoms with Crippen molar-refractivity contribution in [3.8, 4) is 17.1 Å². The Hall–Kier alpha value is -4.24. The molecular weight excluding hydrogens is 466 g/mol. The van der Waals surface area contributed by atoms with Gasteiger partial charge in [0.2, 0.25) is 0 Å². The first-order valence-electron chi connectivity index (χ1n) is 12.6. The van der Waals surface area contributed by atoms with Crippen molar-refractivity contribution >= 4 is 16.9 Å². The number of anilines is 1. The van der Waals surface area contributed by atoms with Crippen molar-refractivity contribution < 1.29 is 4.74 Å². The van der Waals surface area contributed by atoms with Gasteiger partial charge >= 0.3 is 5.69 Å². The molecule has 37 heavy (non-hydrogen) atoms. The number of nitrogens with zero attached hydrogens (tertiary/aromatic N) is 6. The highest BCUT2D eigenvalue weighted by Gasteiger charge is 2.21. The van der Waals surface area contributed by atoms with Crippen molar-refractivity contribution in [2.45, 2.75) is 26.3 Å². The van der Waals surface area contributed by atoms with Crippen LogP contribution in [0.5, 0.6) is 0 Å². The van der Waals surface area contributed by atoms with Gasteiger partial charge in [0.25, 0.3) is 0 Å². The van der Waals surface area contributed by atoms with Crippen LogP contribution in [0.15, 0.2) is 71.8 Å². The fraction of sp³-hybridized carbons (Fsp3) is 0.286. The molecule has 1 N–H and O–H groups in total. The lowest BCUT2D eigenvalue weighted by atomic mass is 10.1. The van der Waals surface area contributed by atoms with Crippen LogP contribution >= 0.6 is 0 Å². The number of aromatic amines is 1. The molecule has 0 spiro atoms. The van der Waals surface area contributed by atoms with Gasteiger partial charge in [-0.3, -0.25) is 9.55 Å². The molecule has 0 atom stereocenters. The van der Waals surface area contributed by atoms with Gasteiger partial charge < -0.3 is 14.6 Å². The highest BCUT2D eigenvalue weighted by molar-refractivity contribution is 5.87. The first kappa shape index (κ1) is 23.2. The SMILES string of the molecule is Cc1cccc(-c2ccn(-c3cc(N4CCOCC4)c4[nH]c(=O)n(CCCc5ccccn5)c4n3)n2)c1. The lowest BCUT2D eigenvalue weighted by Gasteiger charge is -2.29. The summed E-state index contributed by atoms with van der Waals surface area (Å²) < 4.78 is 9.10. The quantitative estimate of drug-likeness (QED) is 0.370. The summed E-state index contributed by atoms with van der Waals surface area (Å²) in [5.74, 6) is 0.672. The minimum atomic E-state index is -0.156. The summed E-state index contributed by atoms with van der Waals surface area (Å²) in [7, 11) is 0. The van der Waals surface area contributed by atoms with Crippen LogP contribution in [-0.4, -0.2) is 55.6 Å². The van der Waals surface area contributed by atoms with Crippen LogP contribution in [0.4, 0.5) is 5.69 Å². The van der Waals surface area contributed by atoms with Crippen molar-refractivity contribution in [3.05, 3.63) is 88.7 Å². The van der Waals surface area contributed by atoms with E-state index in [0.29, 0.717) is 31.2 Å². The number of nitrogens with one attached hydrogen (secondary N) is 1. The van der Waals surface area contributed by atoms with Crippen molar-refractivity contribution in [3.63, 3.8) is 0 Å². The molecule has 9 heteroatoms. The summed E-state index contributed by atoms with van der Waals surface area (Å²) in [4.78, 5) is 27.7. The maximum atomic E-state index is 13.1. The van der Waals surface area contributed by atoms with E-state index in [1.807, 2.05) is 42.6 Å². The molecule has 1 aliphatic heterocycles. The largest absolute Gasteiger partial charge is 0.378 e. The number of aryl methyl sites for hydroxylation is 3. The van der Waals surface area contributed by atoms with E-state index >= 15 is 0 Å². The molecule has 1 aromatic carbocycles. The van der Waals surface area contributed by atoms with Gasteiger partial charge in [-0.25, -0.2) is 14.5 Å². The van der Waals surface area contributed by atoms with Gasteiger partial charge in [0.05, 0.1) is 24.6 Å². The number of hydrogen-bond acceptors (Lipinski definition) is 6. The molecule has 1 fully saturated rings. The Labute approximate surface area is 214 Å². The normalized spacial score (nSPS) is 13.9. The summed E-state index contributed by atoms with van der Waals surface area (Å²) >= 11 is 0. The number of imidazole rings is 1. The number of ether oxygens (including phenoxy) is 1. The average molecular weight is 496 g/mol. The summed E-state index contributed by atoms with van der Waals surface area (Å²) in [6.45, 7) is 5.41. The first-order chi connectivity index (χ1) is 18.2. The molecule has 1 aliphatic rings. The summed E-state index contributed by atoms with van der Waals surface area (Å²) in [6, 6.07) is 18.2. The number of benzene rings is 1. The van der Waals surface area contributed by atoms with Crippen LogP contribution < -0.4 is 10.6 Å². The molecule has 6 rings (SSSR count). The van der Waals surface area contributed by atoms with Crippen LogP contribution in [0.2, 0.25) is 0 Å². The highest BCUT2D eigenvalue weighted by Crippen LogP contribution is 2.28. The van der Waals surface area contributed by atoms with Crippen LogP contribution in [0, 0.1) is 6.92 Å². The summed E-state index contributed by atoms with van der Waals surface area (Å²) in [5, 5.41) is 4.83. The zero-order valence-corrected chi connectivity index (χ0v) is 20.8. The van der Waals surface area contributed by atoms with E-state index in [-0.39, 0.29) is 5.69 Å². The number of morpholine rings is 1. The number of hydrogen-bond donors (Lipinski definition) is 1. The minimum absolute atomic E-state index is 0.156. The standard InChI is InChI=1S/C28H29N7O2/c1-20-6-4-7-21(18-20)23-10-13-35(32-23)25-19-24(33-14-16-37-17-15-33)26-27(30-25)34(28(36)31-26)12-5-9-22-8-2-3-11-29-22/h2-4,6-8,10-11,13,18-19H,5,9,12,14-17H2,1H3,(H,31,36). The third kappa shape index (κ3) is 4.77. The molecule has 0 bridgehead atoms. The molecule has 188 valence electrons. The topological polar surface area (TPSA) is 93.9 Å². The van der Waals surface area contributed by atoms with Crippen LogP contribution in [0.25, 0.3) is 28.2 Å². The lowest BCUT2D eigenvalue weighted by Crippen LogP contribution is -2.36. The Bertz CT molecular complexity index is 1580. The zero-order valence-electron chi connectivity index (χ0n) is 20.8. The van der Waals surface area contributed by atoms with Gasteiger partial charge in [-0.15, -0.1) is 0 Å². The molecule has 5 aromatic rings. The van der Waals surface area contributed by atoms with E-state index in [1.165, 1.54) is 5.56 Å². The molecule has 5 heterocycles. The van der Waals surface area contributed by atoms with Gasteiger partial charge in [0, 0.05) is 49.4 Å². The number of rotatable bonds is 7. The summed E-state index contributed by atoms with van der Waals surface area (Å²) in [5.41, 5.74) is 6.30. The molecule has 4 aromatic heterocycles. The molecule has 0 saturated carbocycles. The molecular formula is C28H29N7O2. The second kappa shape index (κ2) is 10.0. The number of fused-ring (bicyclic) bond motifs is 1. The first-order valence-corrected chi connectivity index (χ1v) is 12.6. The van der Waals surface area contributed by atoms with Crippen LogP contribution in [0.3, 0.4) is 0 Å². The average Bonchev–Trinajstić information content (AvgIpc) is 3.54. The van der Waals surface area contributed by atoms with Crippen LogP contribution in [-0.2, 0) is 17.7 Å². The Morgan fingerprint density at radius 3 is 2.76 bits per heavy atom. The monoisotopic (exact) mass is 495 g/mol. The number of pyridine rings is 2. The van der Waals surface area contributed by atoms with Gasteiger partial charge in [-0.1, -0.05) is 29.8 Å². The van der Waals surface area contributed by atoms with Crippen molar-refractivity contribution in [1.82, 2.24) is 29.3 Å². The third-order valence-electron chi connectivity index (χ3n) is 6.73. The lowest BCUT2D eigenvalue weighted by molar-refractivity contribution is 0.123.